The Morgan fingerprint density at radius 2 is 2.05 bits per heavy atom. The van der Waals surface area contributed by atoms with Crippen molar-refractivity contribution in [2.45, 2.75) is 32.6 Å². The van der Waals surface area contributed by atoms with Gasteiger partial charge in [-0.1, -0.05) is 18.9 Å². The fourth-order valence-corrected chi connectivity index (χ4v) is 2.85. The van der Waals surface area contributed by atoms with Crippen molar-refractivity contribution in [3.05, 3.63) is 35.1 Å². The van der Waals surface area contributed by atoms with E-state index in [9.17, 15) is 14.3 Å². The molecule has 0 aromatic heterocycles. The zero-order valence-electron chi connectivity index (χ0n) is 11.9. The van der Waals surface area contributed by atoms with Gasteiger partial charge in [-0.2, -0.15) is 0 Å². The highest BCUT2D eigenvalue weighted by Gasteiger charge is 2.24. The number of benzene rings is 1. The Bertz CT molecular complexity index is 476. The van der Waals surface area contributed by atoms with Crippen LogP contribution < -0.4 is 5.32 Å². The molecule has 2 atom stereocenters. The summed E-state index contributed by atoms with van der Waals surface area (Å²) in [7, 11) is 0. The van der Waals surface area contributed by atoms with E-state index in [0.29, 0.717) is 23.6 Å². The number of rotatable bonds is 4. The molecule has 0 spiro atoms. The molecule has 0 radical (unpaired) electrons. The molecule has 0 saturated heterocycles. The summed E-state index contributed by atoms with van der Waals surface area (Å²) in [5.74, 6) is 0.00140. The largest absolute Gasteiger partial charge is 0.396 e. The maximum absolute atomic E-state index is 13.4. The lowest BCUT2D eigenvalue weighted by atomic mass is 9.79. The van der Waals surface area contributed by atoms with Gasteiger partial charge in [0, 0.05) is 18.7 Å². The van der Waals surface area contributed by atoms with E-state index in [1.54, 1.807) is 19.1 Å². The average Bonchev–Trinajstić information content (AvgIpc) is 2.47. The van der Waals surface area contributed by atoms with Gasteiger partial charge in [-0.25, -0.2) is 4.39 Å². The smallest absolute Gasteiger partial charge is 0.251 e. The van der Waals surface area contributed by atoms with Crippen LogP contribution in [-0.4, -0.2) is 24.2 Å². The molecule has 0 aliphatic heterocycles. The van der Waals surface area contributed by atoms with Gasteiger partial charge in [-0.3, -0.25) is 4.79 Å². The number of aliphatic hydroxyl groups is 1. The van der Waals surface area contributed by atoms with E-state index in [0.717, 1.165) is 25.7 Å². The Balaban J connectivity index is 1.92. The highest BCUT2D eigenvalue weighted by atomic mass is 19.1. The summed E-state index contributed by atoms with van der Waals surface area (Å²) in [6.07, 6.45) is 4.36. The molecule has 1 fully saturated rings. The van der Waals surface area contributed by atoms with Crippen molar-refractivity contribution in [1.29, 1.82) is 0 Å². The number of amides is 1. The molecule has 1 saturated carbocycles. The third kappa shape index (κ3) is 3.57. The number of carbonyl (C=O) groups is 1. The van der Waals surface area contributed by atoms with Crippen LogP contribution in [0.1, 0.15) is 41.6 Å². The van der Waals surface area contributed by atoms with Crippen LogP contribution in [0.15, 0.2) is 18.2 Å². The molecule has 2 rings (SSSR count). The summed E-state index contributed by atoms with van der Waals surface area (Å²) >= 11 is 0. The van der Waals surface area contributed by atoms with Crippen LogP contribution in [0.25, 0.3) is 0 Å². The molecular formula is C16H22FNO2. The number of hydrogen-bond acceptors (Lipinski definition) is 2. The average molecular weight is 279 g/mol. The standard InChI is InChI=1S/C16H22FNO2/c1-11-6-7-12(8-15(11)17)16(20)18-9-13-4-2-3-5-14(13)10-19/h6-8,13-14,19H,2-5,9-10H2,1H3,(H,18,20). The molecule has 20 heavy (non-hydrogen) atoms. The molecule has 1 aliphatic rings. The van der Waals surface area contributed by atoms with Gasteiger partial charge in [0.25, 0.3) is 5.91 Å². The Kier molecular flexibility index (Phi) is 5.12. The highest BCUT2D eigenvalue weighted by molar-refractivity contribution is 5.94. The van der Waals surface area contributed by atoms with Crippen LogP contribution in [0.4, 0.5) is 4.39 Å². The van der Waals surface area contributed by atoms with Gasteiger partial charge in [-0.05, 0) is 49.3 Å². The van der Waals surface area contributed by atoms with E-state index < -0.39 is 0 Å². The number of halogens is 1. The predicted molar refractivity (Wildman–Crippen MR) is 76.0 cm³/mol. The first kappa shape index (κ1) is 15.0. The lowest BCUT2D eigenvalue weighted by Crippen LogP contribution is -2.35. The van der Waals surface area contributed by atoms with E-state index in [4.69, 9.17) is 0 Å². The monoisotopic (exact) mass is 279 g/mol. The molecule has 2 unspecified atom stereocenters. The second-order valence-electron chi connectivity index (χ2n) is 5.66. The quantitative estimate of drug-likeness (QED) is 0.890. The fraction of sp³-hybridized carbons (Fsp3) is 0.562. The topological polar surface area (TPSA) is 49.3 Å². The lowest BCUT2D eigenvalue weighted by Gasteiger charge is -2.30. The van der Waals surface area contributed by atoms with Gasteiger partial charge in [-0.15, -0.1) is 0 Å². The minimum Gasteiger partial charge on any atom is -0.396 e. The van der Waals surface area contributed by atoms with E-state index >= 15 is 0 Å². The second kappa shape index (κ2) is 6.84. The number of carbonyl (C=O) groups excluding carboxylic acids is 1. The summed E-state index contributed by atoms with van der Waals surface area (Å²) < 4.78 is 13.4. The number of hydrogen-bond donors (Lipinski definition) is 2. The molecule has 1 aromatic rings. The normalized spacial score (nSPS) is 22.6. The van der Waals surface area contributed by atoms with Crippen molar-refractivity contribution in [3.63, 3.8) is 0 Å². The van der Waals surface area contributed by atoms with Crippen LogP contribution in [0.3, 0.4) is 0 Å². The molecule has 110 valence electrons. The summed E-state index contributed by atoms with van der Waals surface area (Å²) in [5, 5.41) is 12.2. The summed E-state index contributed by atoms with van der Waals surface area (Å²) in [6, 6.07) is 4.52. The van der Waals surface area contributed by atoms with Gasteiger partial charge < -0.3 is 10.4 Å². The Hall–Kier alpha value is -1.42. The van der Waals surface area contributed by atoms with Crippen LogP contribution >= 0.6 is 0 Å². The molecule has 1 aliphatic carbocycles. The predicted octanol–water partition coefficient (Wildman–Crippen LogP) is 2.66. The van der Waals surface area contributed by atoms with E-state index in [2.05, 4.69) is 5.32 Å². The first-order valence-corrected chi connectivity index (χ1v) is 7.27. The molecule has 1 aromatic carbocycles. The van der Waals surface area contributed by atoms with Crippen LogP contribution in [0.2, 0.25) is 0 Å². The highest BCUT2D eigenvalue weighted by Crippen LogP contribution is 2.29. The first-order valence-electron chi connectivity index (χ1n) is 7.27. The van der Waals surface area contributed by atoms with E-state index in [1.807, 2.05) is 0 Å². The minimum atomic E-state index is -0.358. The maximum Gasteiger partial charge on any atom is 0.251 e. The Labute approximate surface area is 119 Å². The lowest BCUT2D eigenvalue weighted by molar-refractivity contribution is 0.0909. The summed E-state index contributed by atoms with van der Waals surface area (Å²) in [6.45, 7) is 2.41. The van der Waals surface area contributed by atoms with Crippen molar-refractivity contribution >= 4 is 5.91 Å². The van der Waals surface area contributed by atoms with Gasteiger partial charge in [0.1, 0.15) is 5.82 Å². The first-order chi connectivity index (χ1) is 9.61. The van der Waals surface area contributed by atoms with Crippen molar-refractivity contribution < 1.29 is 14.3 Å². The van der Waals surface area contributed by atoms with E-state index in [1.165, 1.54) is 6.07 Å². The van der Waals surface area contributed by atoms with Gasteiger partial charge >= 0.3 is 0 Å². The van der Waals surface area contributed by atoms with E-state index in [-0.39, 0.29) is 24.2 Å². The SMILES string of the molecule is Cc1ccc(C(=O)NCC2CCCCC2CO)cc1F. The zero-order valence-corrected chi connectivity index (χ0v) is 11.9. The maximum atomic E-state index is 13.4. The van der Waals surface area contributed by atoms with Gasteiger partial charge in [0.05, 0.1) is 0 Å². The van der Waals surface area contributed by atoms with Gasteiger partial charge in [0.15, 0.2) is 0 Å². The van der Waals surface area contributed by atoms with Crippen LogP contribution in [0, 0.1) is 24.6 Å². The molecule has 0 heterocycles. The third-order valence-corrected chi connectivity index (χ3v) is 4.26. The second-order valence-corrected chi connectivity index (χ2v) is 5.66. The molecule has 0 bridgehead atoms. The fourth-order valence-electron chi connectivity index (χ4n) is 2.85. The number of aryl methyl sites for hydroxylation is 1. The number of nitrogens with one attached hydrogen (secondary N) is 1. The molecule has 4 heteroatoms. The van der Waals surface area contributed by atoms with Crippen LogP contribution in [0.5, 0.6) is 0 Å². The minimum absolute atomic E-state index is 0.180. The van der Waals surface area contributed by atoms with Crippen molar-refractivity contribution in [2.24, 2.45) is 11.8 Å². The van der Waals surface area contributed by atoms with Crippen molar-refractivity contribution in [1.82, 2.24) is 5.32 Å². The summed E-state index contributed by atoms with van der Waals surface area (Å²) in [5.41, 5.74) is 0.888. The molecule has 3 nitrogen and oxygen atoms in total. The van der Waals surface area contributed by atoms with Crippen LogP contribution in [-0.2, 0) is 0 Å². The van der Waals surface area contributed by atoms with Gasteiger partial charge in [0.2, 0.25) is 0 Å². The Morgan fingerprint density at radius 3 is 2.70 bits per heavy atom. The molecule has 2 N–H and O–H groups in total. The van der Waals surface area contributed by atoms with Crippen molar-refractivity contribution in [2.75, 3.05) is 13.2 Å². The number of aliphatic hydroxyl groups excluding tert-OH is 1. The molecule has 1 amide bonds. The Morgan fingerprint density at radius 1 is 1.35 bits per heavy atom. The molecular weight excluding hydrogens is 257 g/mol. The summed E-state index contributed by atoms with van der Waals surface area (Å²) in [4.78, 5) is 12.0. The zero-order chi connectivity index (χ0) is 14.5. The van der Waals surface area contributed by atoms with Crippen molar-refractivity contribution in [3.8, 4) is 0 Å². The third-order valence-electron chi connectivity index (χ3n) is 4.26.